The van der Waals surface area contributed by atoms with Gasteiger partial charge in [-0.15, -0.1) is 0 Å². The molecule has 0 radical (unpaired) electrons. The van der Waals surface area contributed by atoms with E-state index in [1.54, 1.807) is 0 Å². The molecule has 1 aromatic carbocycles. The summed E-state index contributed by atoms with van der Waals surface area (Å²) < 4.78 is 17.6. The molecule has 0 saturated heterocycles. The van der Waals surface area contributed by atoms with Crippen LogP contribution in [-0.2, 0) is 22.3 Å². The molecule has 1 aromatic heterocycles. The zero-order chi connectivity index (χ0) is 14.0. The standard InChI is InChI=1S/C15H19NO2S/c1-10-5-6-11(2)14(7-10)8-19(17)9-15-16-12(3)13(4)18-15/h5-7H,8-9H2,1-4H3. The van der Waals surface area contributed by atoms with E-state index in [1.165, 1.54) is 11.1 Å². The summed E-state index contributed by atoms with van der Waals surface area (Å²) >= 11 is 0. The number of aryl methyl sites for hydroxylation is 4. The highest BCUT2D eigenvalue weighted by molar-refractivity contribution is 7.83. The molecule has 1 unspecified atom stereocenters. The summed E-state index contributed by atoms with van der Waals surface area (Å²) in [7, 11) is -0.992. The second kappa shape index (κ2) is 5.70. The minimum Gasteiger partial charge on any atom is -0.445 e. The highest BCUT2D eigenvalue weighted by Gasteiger charge is 2.11. The van der Waals surface area contributed by atoms with Gasteiger partial charge in [0.25, 0.3) is 0 Å². The summed E-state index contributed by atoms with van der Waals surface area (Å²) in [6, 6.07) is 6.24. The van der Waals surface area contributed by atoms with E-state index in [0.717, 1.165) is 17.0 Å². The number of rotatable bonds is 4. The van der Waals surface area contributed by atoms with E-state index in [1.807, 2.05) is 27.7 Å². The van der Waals surface area contributed by atoms with Crippen molar-refractivity contribution in [2.45, 2.75) is 39.2 Å². The maximum absolute atomic E-state index is 12.2. The monoisotopic (exact) mass is 277 g/mol. The van der Waals surface area contributed by atoms with Gasteiger partial charge in [-0.25, -0.2) is 4.98 Å². The minimum absolute atomic E-state index is 0.377. The molecule has 0 spiro atoms. The molecular formula is C15H19NO2S. The molecular weight excluding hydrogens is 258 g/mol. The molecule has 0 N–H and O–H groups in total. The Balaban J connectivity index is 2.07. The Hall–Kier alpha value is -1.42. The van der Waals surface area contributed by atoms with Gasteiger partial charge in [0.1, 0.15) is 11.5 Å². The third-order valence-corrected chi connectivity index (χ3v) is 4.38. The lowest BCUT2D eigenvalue weighted by Crippen LogP contribution is -2.01. The lowest BCUT2D eigenvalue weighted by atomic mass is 10.1. The van der Waals surface area contributed by atoms with Gasteiger partial charge >= 0.3 is 0 Å². The topological polar surface area (TPSA) is 43.1 Å². The van der Waals surface area contributed by atoms with Crippen molar-refractivity contribution in [3.05, 3.63) is 52.2 Å². The molecule has 0 aliphatic heterocycles. The van der Waals surface area contributed by atoms with Crippen LogP contribution in [0.5, 0.6) is 0 Å². The molecule has 1 atom stereocenters. The van der Waals surface area contributed by atoms with Gasteiger partial charge in [-0.2, -0.15) is 0 Å². The van der Waals surface area contributed by atoms with E-state index in [9.17, 15) is 4.21 Å². The van der Waals surface area contributed by atoms with Crippen molar-refractivity contribution in [1.29, 1.82) is 0 Å². The molecule has 19 heavy (non-hydrogen) atoms. The van der Waals surface area contributed by atoms with Gasteiger partial charge in [0.05, 0.1) is 5.69 Å². The second-order valence-electron chi connectivity index (χ2n) is 4.91. The molecule has 2 aromatic rings. The molecule has 102 valence electrons. The predicted octanol–water partition coefficient (Wildman–Crippen LogP) is 3.36. The number of hydrogen-bond donors (Lipinski definition) is 0. The summed E-state index contributed by atoms with van der Waals surface area (Å²) in [5.74, 6) is 2.30. The number of aromatic nitrogens is 1. The lowest BCUT2D eigenvalue weighted by Gasteiger charge is -2.06. The van der Waals surface area contributed by atoms with Crippen molar-refractivity contribution in [3.63, 3.8) is 0 Å². The Morgan fingerprint density at radius 1 is 1.16 bits per heavy atom. The fraction of sp³-hybridized carbons (Fsp3) is 0.400. The fourth-order valence-electron chi connectivity index (χ4n) is 1.92. The van der Waals surface area contributed by atoms with Crippen LogP contribution in [0.4, 0.5) is 0 Å². The van der Waals surface area contributed by atoms with Gasteiger partial charge in [0.2, 0.25) is 5.89 Å². The van der Waals surface area contributed by atoms with E-state index in [4.69, 9.17) is 4.42 Å². The quantitative estimate of drug-likeness (QED) is 0.860. The van der Waals surface area contributed by atoms with Crippen LogP contribution < -0.4 is 0 Å². The Kier molecular flexibility index (Phi) is 4.20. The van der Waals surface area contributed by atoms with E-state index < -0.39 is 10.8 Å². The first-order valence-electron chi connectivity index (χ1n) is 6.29. The van der Waals surface area contributed by atoms with Gasteiger partial charge in [0.15, 0.2) is 0 Å². The van der Waals surface area contributed by atoms with E-state index in [2.05, 4.69) is 23.2 Å². The maximum atomic E-state index is 12.2. The first-order valence-corrected chi connectivity index (χ1v) is 7.78. The normalized spacial score (nSPS) is 12.6. The highest BCUT2D eigenvalue weighted by Crippen LogP contribution is 2.16. The second-order valence-corrected chi connectivity index (χ2v) is 6.36. The molecule has 2 rings (SSSR count). The van der Waals surface area contributed by atoms with Crippen LogP contribution in [0.3, 0.4) is 0 Å². The number of nitrogens with zero attached hydrogens (tertiary/aromatic N) is 1. The van der Waals surface area contributed by atoms with Gasteiger partial charge in [0, 0.05) is 16.6 Å². The van der Waals surface area contributed by atoms with Crippen LogP contribution in [-0.4, -0.2) is 9.19 Å². The number of hydrogen-bond acceptors (Lipinski definition) is 3. The molecule has 4 heteroatoms. The van der Waals surface area contributed by atoms with Crippen LogP contribution in [0.2, 0.25) is 0 Å². The van der Waals surface area contributed by atoms with Crippen LogP contribution in [0.25, 0.3) is 0 Å². The summed E-state index contributed by atoms with van der Waals surface area (Å²) in [4.78, 5) is 4.27. The van der Waals surface area contributed by atoms with Crippen molar-refractivity contribution in [1.82, 2.24) is 4.98 Å². The molecule has 0 fully saturated rings. The average Bonchev–Trinajstić information content (AvgIpc) is 2.63. The van der Waals surface area contributed by atoms with Crippen molar-refractivity contribution in [2.75, 3.05) is 0 Å². The van der Waals surface area contributed by atoms with E-state index in [-0.39, 0.29) is 0 Å². The zero-order valence-electron chi connectivity index (χ0n) is 11.8. The highest BCUT2D eigenvalue weighted by atomic mass is 32.2. The smallest absolute Gasteiger partial charge is 0.207 e. The molecule has 0 bridgehead atoms. The van der Waals surface area contributed by atoms with E-state index >= 15 is 0 Å². The summed E-state index contributed by atoms with van der Waals surface area (Å²) in [6.45, 7) is 7.87. The lowest BCUT2D eigenvalue weighted by molar-refractivity contribution is 0.487. The minimum atomic E-state index is -0.992. The first kappa shape index (κ1) is 14.0. The third kappa shape index (κ3) is 3.53. The zero-order valence-corrected chi connectivity index (χ0v) is 12.6. The Morgan fingerprint density at radius 3 is 2.53 bits per heavy atom. The van der Waals surface area contributed by atoms with Crippen LogP contribution in [0.1, 0.15) is 34.0 Å². The SMILES string of the molecule is Cc1ccc(C)c(CS(=O)Cc2nc(C)c(C)o2)c1. The Labute approximate surface area is 116 Å². The van der Waals surface area contributed by atoms with Crippen LogP contribution in [0, 0.1) is 27.7 Å². The maximum Gasteiger partial charge on any atom is 0.207 e. The van der Waals surface area contributed by atoms with Gasteiger partial charge in [-0.05, 0) is 38.8 Å². The molecule has 0 saturated carbocycles. The van der Waals surface area contributed by atoms with Crippen molar-refractivity contribution >= 4 is 10.8 Å². The Morgan fingerprint density at radius 2 is 1.89 bits per heavy atom. The van der Waals surface area contributed by atoms with Crippen molar-refractivity contribution in [3.8, 4) is 0 Å². The molecule has 0 amide bonds. The Bertz CT molecular complexity index is 597. The molecule has 1 heterocycles. The van der Waals surface area contributed by atoms with Gasteiger partial charge in [-0.3, -0.25) is 4.21 Å². The van der Waals surface area contributed by atoms with Crippen LogP contribution >= 0.6 is 0 Å². The summed E-state index contributed by atoms with van der Waals surface area (Å²) in [5, 5.41) is 0. The molecule has 0 aliphatic carbocycles. The average molecular weight is 277 g/mol. The van der Waals surface area contributed by atoms with E-state index in [0.29, 0.717) is 17.4 Å². The largest absolute Gasteiger partial charge is 0.445 e. The summed E-state index contributed by atoms with van der Waals surface area (Å²) in [6.07, 6.45) is 0. The summed E-state index contributed by atoms with van der Waals surface area (Å²) in [5.41, 5.74) is 4.39. The number of benzene rings is 1. The molecule has 3 nitrogen and oxygen atoms in total. The predicted molar refractivity (Wildman–Crippen MR) is 77.4 cm³/mol. The van der Waals surface area contributed by atoms with Crippen LogP contribution in [0.15, 0.2) is 22.6 Å². The molecule has 0 aliphatic rings. The number of oxazole rings is 1. The van der Waals surface area contributed by atoms with Crippen molar-refractivity contribution < 1.29 is 8.63 Å². The van der Waals surface area contributed by atoms with Gasteiger partial charge < -0.3 is 4.42 Å². The third-order valence-electron chi connectivity index (χ3n) is 3.18. The fourth-order valence-corrected chi connectivity index (χ4v) is 3.08. The van der Waals surface area contributed by atoms with Crippen molar-refractivity contribution in [2.24, 2.45) is 0 Å². The first-order chi connectivity index (χ1) is 8.95. The van der Waals surface area contributed by atoms with Gasteiger partial charge in [-0.1, -0.05) is 23.8 Å².